The summed E-state index contributed by atoms with van der Waals surface area (Å²) >= 11 is 0. The van der Waals surface area contributed by atoms with Gasteiger partial charge in [0.15, 0.2) is 0 Å². The molecule has 6 nitrogen and oxygen atoms in total. The molecule has 0 aliphatic heterocycles. The number of rotatable bonds is 6. The number of hydrogen-bond donors (Lipinski definition) is 0. The topological polar surface area (TPSA) is 66.3 Å². The molecule has 1 aliphatic carbocycles. The highest BCUT2D eigenvalue weighted by Gasteiger charge is 2.34. The summed E-state index contributed by atoms with van der Waals surface area (Å²) < 4.78 is 15.5. The van der Waals surface area contributed by atoms with E-state index in [0.717, 1.165) is 36.1 Å². The molecule has 0 bridgehead atoms. The minimum atomic E-state index is -0.595. The molecule has 1 aliphatic rings. The fourth-order valence-corrected chi connectivity index (χ4v) is 3.33. The summed E-state index contributed by atoms with van der Waals surface area (Å²) in [4.78, 5) is 17.0. The van der Waals surface area contributed by atoms with Gasteiger partial charge in [0.2, 0.25) is 5.76 Å². The van der Waals surface area contributed by atoms with E-state index in [2.05, 4.69) is 25.1 Å². The van der Waals surface area contributed by atoms with E-state index in [1.807, 2.05) is 19.1 Å². The van der Waals surface area contributed by atoms with Gasteiger partial charge in [0.25, 0.3) is 0 Å². The van der Waals surface area contributed by atoms with Crippen LogP contribution in [0.3, 0.4) is 0 Å². The minimum Gasteiger partial charge on any atom is -0.500 e. The maximum atomic E-state index is 11.9. The van der Waals surface area contributed by atoms with Crippen LogP contribution in [-0.4, -0.2) is 33.0 Å². The predicted molar refractivity (Wildman–Crippen MR) is 104 cm³/mol. The molecule has 6 heteroatoms. The number of hydrogen-bond acceptors (Lipinski definition) is 6. The van der Waals surface area contributed by atoms with E-state index < -0.39 is 5.97 Å². The third-order valence-corrected chi connectivity index (χ3v) is 4.87. The number of esters is 1. The molecule has 0 saturated heterocycles. The van der Waals surface area contributed by atoms with Crippen LogP contribution in [-0.2, 0) is 19.1 Å². The Hall–Kier alpha value is -2.50. The molecule has 0 spiro atoms. The van der Waals surface area contributed by atoms with Crippen molar-refractivity contribution >= 4 is 11.7 Å². The molecule has 0 aromatic heterocycles. The first-order chi connectivity index (χ1) is 12.8. The molecule has 1 aromatic carbocycles. The second-order valence-corrected chi connectivity index (χ2v) is 7.52. The monoisotopic (exact) mass is 375 g/mol. The van der Waals surface area contributed by atoms with Gasteiger partial charge in [-0.3, -0.25) is 0 Å². The fraction of sp³-hybridized carbons (Fsp3) is 0.524. The van der Waals surface area contributed by atoms with E-state index in [4.69, 9.17) is 19.0 Å². The molecule has 27 heavy (non-hydrogen) atoms. The Morgan fingerprint density at radius 3 is 2.63 bits per heavy atom. The summed E-state index contributed by atoms with van der Waals surface area (Å²) in [5.74, 6) is 0.128. The van der Waals surface area contributed by atoms with E-state index in [1.54, 1.807) is 7.11 Å². The SMILES string of the molecule is CO/C=C(\Oc1cc(C2CC(C)(C)CC/C2=N\OC)ccc1C)C(=O)OC. The fourth-order valence-electron chi connectivity index (χ4n) is 3.33. The third kappa shape index (κ3) is 5.25. The highest BCUT2D eigenvalue weighted by atomic mass is 16.6. The van der Waals surface area contributed by atoms with Crippen LogP contribution in [0.15, 0.2) is 35.4 Å². The van der Waals surface area contributed by atoms with Crippen LogP contribution in [0.2, 0.25) is 0 Å². The lowest BCUT2D eigenvalue weighted by molar-refractivity contribution is -0.138. The van der Waals surface area contributed by atoms with E-state index in [1.165, 1.54) is 20.5 Å². The number of ether oxygens (including phenoxy) is 3. The second-order valence-electron chi connectivity index (χ2n) is 7.52. The van der Waals surface area contributed by atoms with E-state index in [0.29, 0.717) is 5.75 Å². The molecule has 0 amide bonds. The van der Waals surface area contributed by atoms with Crippen LogP contribution in [0, 0.1) is 12.3 Å². The average Bonchev–Trinajstić information content (AvgIpc) is 2.63. The highest BCUT2D eigenvalue weighted by molar-refractivity contribution is 5.91. The predicted octanol–water partition coefficient (Wildman–Crippen LogP) is 4.33. The Morgan fingerprint density at radius 1 is 1.26 bits per heavy atom. The summed E-state index contributed by atoms with van der Waals surface area (Å²) in [5.41, 5.74) is 3.24. The number of nitrogens with zero attached hydrogens (tertiary/aromatic N) is 1. The van der Waals surface area contributed by atoms with Crippen molar-refractivity contribution in [3.8, 4) is 5.75 Å². The Labute approximate surface area is 161 Å². The molecule has 1 unspecified atom stereocenters. The molecular formula is C21H29NO5. The van der Waals surface area contributed by atoms with Crippen LogP contribution in [0.5, 0.6) is 5.75 Å². The van der Waals surface area contributed by atoms with Gasteiger partial charge >= 0.3 is 5.97 Å². The van der Waals surface area contributed by atoms with Gasteiger partial charge in [-0.25, -0.2) is 4.79 Å². The molecule has 2 rings (SSSR count). The highest BCUT2D eigenvalue weighted by Crippen LogP contribution is 2.43. The molecule has 0 radical (unpaired) electrons. The molecule has 1 aromatic rings. The van der Waals surface area contributed by atoms with Gasteiger partial charge in [0, 0.05) is 5.92 Å². The zero-order chi connectivity index (χ0) is 20.0. The standard InChI is InChI=1S/C21H29NO5/c1-14-7-8-15(11-18(14)27-19(13-24-4)20(23)25-5)16-12-21(2,3)10-9-17(16)22-26-6/h7-8,11,13,16H,9-10,12H2,1-6H3/b19-13-,22-17+. The van der Waals surface area contributed by atoms with Crippen molar-refractivity contribution in [2.45, 2.75) is 46.0 Å². The van der Waals surface area contributed by atoms with Crippen LogP contribution in [0.4, 0.5) is 0 Å². The maximum Gasteiger partial charge on any atom is 0.377 e. The van der Waals surface area contributed by atoms with E-state index in [9.17, 15) is 4.79 Å². The number of oxime groups is 1. The summed E-state index contributed by atoms with van der Waals surface area (Å²) in [6.07, 6.45) is 4.17. The summed E-state index contributed by atoms with van der Waals surface area (Å²) in [6, 6.07) is 6.02. The lowest BCUT2D eigenvalue weighted by atomic mass is 9.69. The zero-order valence-electron chi connectivity index (χ0n) is 17.0. The molecule has 0 heterocycles. The van der Waals surface area contributed by atoms with Gasteiger partial charge in [0.1, 0.15) is 19.1 Å². The first-order valence-electron chi connectivity index (χ1n) is 9.01. The first kappa shape index (κ1) is 20.8. The molecule has 148 valence electrons. The van der Waals surface area contributed by atoms with Crippen molar-refractivity contribution in [1.29, 1.82) is 0 Å². The zero-order valence-corrected chi connectivity index (χ0v) is 17.0. The van der Waals surface area contributed by atoms with Gasteiger partial charge in [-0.15, -0.1) is 0 Å². The average molecular weight is 375 g/mol. The molecule has 1 saturated carbocycles. The van der Waals surface area contributed by atoms with Crippen LogP contribution in [0.25, 0.3) is 0 Å². The molecule has 1 atom stereocenters. The van der Waals surface area contributed by atoms with Gasteiger partial charge < -0.3 is 19.0 Å². The second kappa shape index (κ2) is 8.93. The van der Waals surface area contributed by atoms with Gasteiger partial charge in [-0.2, -0.15) is 0 Å². The van der Waals surface area contributed by atoms with Crippen molar-refractivity contribution in [1.82, 2.24) is 0 Å². The number of benzene rings is 1. The lowest BCUT2D eigenvalue weighted by Crippen LogP contribution is -2.29. The number of aryl methyl sites for hydroxylation is 1. The lowest BCUT2D eigenvalue weighted by Gasteiger charge is -2.36. The summed E-state index contributed by atoms with van der Waals surface area (Å²) in [5, 5.41) is 4.26. The third-order valence-electron chi connectivity index (χ3n) is 4.87. The Morgan fingerprint density at radius 2 is 2.00 bits per heavy atom. The van der Waals surface area contributed by atoms with Crippen molar-refractivity contribution in [2.75, 3.05) is 21.3 Å². The van der Waals surface area contributed by atoms with Crippen molar-refractivity contribution in [2.24, 2.45) is 10.6 Å². The van der Waals surface area contributed by atoms with Gasteiger partial charge in [-0.1, -0.05) is 31.1 Å². The minimum absolute atomic E-state index is 0.00462. The largest absolute Gasteiger partial charge is 0.500 e. The number of carbonyl (C=O) groups is 1. The van der Waals surface area contributed by atoms with Crippen LogP contribution >= 0.6 is 0 Å². The normalized spacial score (nSPS) is 20.9. The van der Waals surface area contributed by atoms with Crippen LogP contribution in [0.1, 0.15) is 50.2 Å². The number of carbonyl (C=O) groups excluding carboxylic acids is 1. The maximum absolute atomic E-state index is 11.9. The van der Waals surface area contributed by atoms with Gasteiger partial charge in [-0.05, 0) is 48.8 Å². The summed E-state index contributed by atoms with van der Waals surface area (Å²) in [7, 11) is 4.33. The first-order valence-corrected chi connectivity index (χ1v) is 9.01. The summed E-state index contributed by atoms with van der Waals surface area (Å²) in [6.45, 7) is 6.47. The van der Waals surface area contributed by atoms with E-state index >= 15 is 0 Å². The molecular weight excluding hydrogens is 346 g/mol. The van der Waals surface area contributed by atoms with E-state index in [-0.39, 0.29) is 17.1 Å². The molecule has 1 fully saturated rings. The van der Waals surface area contributed by atoms with Crippen molar-refractivity contribution in [3.63, 3.8) is 0 Å². The Balaban J connectivity index is 2.38. The van der Waals surface area contributed by atoms with Gasteiger partial charge in [0.05, 0.1) is 19.9 Å². The quantitative estimate of drug-likeness (QED) is 0.320. The van der Waals surface area contributed by atoms with Crippen molar-refractivity contribution < 1.29 is 23.8 Å². The number of methoxy groups -OCH3 is 2. The Bertz CT molecular complexity index is 736. The molecule has 0 N–H and O–H groups in total. The van der Waals surface area contributed by atoms with Crippen molar-refractivity contribution in [3.05, 3.63) is 41.3 Å². The smallest absolute Gasteiger partial charge is 0.377 e. The Kier molecular flexibility index (Phi) is 6.88. The van der Waals surface area contributed by atoms with Crippen LogP contribution < -0.4 is 4.74 Å².